The molecule has 2 aromatic rings. The second-order valence-electron chi connectivity index (χ2n) is 6.16. The summed E-state index contributed by atoms with van der Waals surface area (Å²) in [4.78, 5) is 4.79. The van der Waals surface area contributed by atoms with E-state index in [-0.39, 0.29) is 11.0 Å². The largest absolute Gasteiger partial charge is 0.328 e. The van der Waals surface area contributed by atoms with E-state index in [9.17, 15) is 0 Å². The Kier molecular flexibility index (Phi) is 3.40. The van der Waals surface area contributed by atoms with Crippen molar-refractivity contribution < 1.29 is 0 Å². The van der Waals surface area contributed by atoms with Crippen molar-refractivity contribution in [3.8, 4) is 0 Å². The van der Waals surface area contributed by atoms with E-state index in [1.54, 1.807) is 0 Å². The van der Waals surface area contributed by atoms with Crippen molar-refractivity contribution in [3.05, 3.63) is 29.0 Å². The molecule has 1 aromatic heterocycles. The first-order valence-electron chi connectivity index (χ1n) is 6.63. The van der Waals surface area contributed by atoms with Gasteiger partial charge in [-0.05, 0) is 39.0 Å². The van der Waals surface area contributed by atoms with Crippen LogP contribution in [0.4, 0.5) is 0 Å². The molecule has 0 saturated heterocycles. The van der Waals surface area contributed by atoms with Gasteiger partial charge in [-0.2, -0.15) is 0 Å². The van der Waals surface area contributed by atoms with Gasteiger partial charge in [-0.3, -0.25) is 0 Å². The molecule has 0 aliphatic carbocycles. The molecule has 2 rings (SSSR count). The summed E-state index contributed by atoms with van der Waals surface area (Å²) in [5.41, 5.74) is 7.80. The summed E-state index contributed by atoms with van der Waals surface area (Å²) in [6.07, 6.45) is 0. The zero-order valence-electron chi connectivity index (χ0n) is 12.3. The van der Waals surface area contributed by atoms with Crippen LogP contribution in [-0.4, -0.2) is 15.1 Å². The number of rotatable bonds is 3. The van der Waals surface area contributed by atoms with E-state index in [0.717, 1.165) is 28.4 Å². The normalized spacial score (nSPS) is 13.2. The van der Waals surface area contributed by atoms with Gasteiger partial charge >= 0.3 is 0 Å². The number of fused-ring (bicyclic) bond motifs is 1. The monoisotopic (exact) mass is 279 g/mol. The van der Waals surface area contributed by atoms with Gasteiger partial charge in [0.2, 0.25) is 0 Å². The van der Waals surface area contributed by atoms with Crippen LogP contribution in [0.2, 0.25) is 5.02 Å². The van der Waals surface area contributed by atoms with Crippen molar-refractivity contribution in [2.45, 2.75) is 52.1 Å². The van der Waals surface area contributed by atoms with E-state index in [0.29, 0.717) is 0 Å². The molecule has 104 valence electrons. The Morgan fingerprint density at radius 3 is 2.42 bits per heavy atom. The first-order chi connectivity index (χ1) is 8.68. The van der Waals surface area contributed by atoms with Gasteiger partial charge in [-0.1, -0.05) is 25.4 Å². The molecule has 0 aliphatic heterocycles. The first-order valence-corrected chi connectivity index (χ1v) is 7.01. The van der Waals surface area contributed by atoms with Gasteiger partial charge in [0.25, 0.3) is 0 Å². The van der Waals surface area contributed by atoms with Gasteiger partial charge in [-0.25, -0.2) is 4.98 Å². The van der Waals surface area contributed by atoms with Gasteiger partial charge in [0.15, 0.2) is 0 Å². The number of imidazole rings is 1. The lowest BCUT2D eigenvalue weighted by molar-refractivity contribution is 0.283. The third kappa shape index (κ3) is 2.26. The van der Waals surface area contributed by atoms with E-state index in [1.807, 2.05) is 32.0 Å². The molecule has 3 nitrogen and oxygen atoms in total. The van der Waals surface area contributed by atoms with Crippen LogP contribution in [0.1, 0.15) is 40.4 Å². The Labute approximate surface area is 119 Å². The van der Waals surface area contributed by atoms with Crippen LogP contribution in [0.3, 0.4) is 0 Å². The van der Waals surface area contributed by atoms with Crippen LogP contribution in [0.5, 0.6) is 0 Å². The van der Waals surface area contributed by atoms with E-state index in [2.05, 4.69) is 25.3 Å². The number of hydrogen-bond acceptors (Lipinski definition) is 2. The number of aryl methyl sites for hydroxylation is 1. The molecule has 4 heteroatoms. The number of halogens is 1. The summed E-state index contributed by atoms with van der Waals surface area (Å²) < 4.78 is 2.20. The Morgan fingerprint density at radius 2 is 1.89 bits per heavy atom. The molecule has 0 radical (unpaired) electrons. The first kappa shape index (κ1) is 14.4. The zero-order valence-corrected chi connectivity index (χ0v) is 13.0. The average molecular weight is 280 g/mol. The van der Waals surface area contributed by atoms with Crippen molar-refractivity contribution >= 4 is 22.6 Å². The van der Waals surface area contributed by atoms with Crippen LogP contribution in [0.15, 0.2) is 18.2 Å². The summed E-state index contributed by atoms with van der Waals surface area (Å²) >= 11 is 6.10. The van der Waals surface area contributed by atoms with Gasteiger partial charge in [-0.15, -0.1) is 0 Å². The molecule has 0 bridgehead atoms. The van der Waals surface area contributed by atoms with Crippen molar-refractivity contribution in [2.24, 2.45) is 5.73 Å². The van der Waals surface area contributed by atoms with Crippen molar-refractivity contribution in [3.63, 3.8) is 0 Å². The van der Waals surface area contributed by atoms with Crippen LogP contribution < -0.4 is 5.73 Å². The predicted molar refractivity (Wildman–Crippen MR) is 81.7 cm³/mol. The Balaban J connectivity index is 2.74. The minimum atomic E-state index is -0.356. The van der Waals surface area contributed by atoms with Crippen molar-refractivity contribution in [1.82, 2.24) is 9.55 Å². The molecule has 19 heavy (non-hydrogen) atoms. The molecule has 0 saturated carbocycles. The fourth-order valence-corrected chi connectivity index (χ4v) is 2.35. The maximum Gasteiger partial charge on any atom is 0.117 e. The standard InChI is InChI=1S/C15H22ClN3/c1-6-19-12-9-10(16)7-8-11(12)18-13(19)14(2,3)15(4,5)17/h7-9H,6,17H2,1-5H3. The molecule has 0 unspecified atom stereocenters. The van der Waals surface area contributed by atoms with E-state index < -0.39 is 0 Å². The molecule has 0 spiro atoms. The van der Waals surface area contributed by atoms with Crippen LogP contribution in [0, 0.1) is 0 Å². The van der Waals surface area contributed by atoms with Gasteiger partial charge in [0.1, 0.15) is 5.82 Å². The second kappa shape index (κ2) is 4.50. The maximum atomic E-state index is 6.34. The number of benzene rings is 1. The summed E-state index contributed by atoms with van der Waals surface area (Å²) in [6.45, 7) is 11.3. The van der Waals surface area contributed by atoms with Crippen LogP contribution in [0.25, 0.3) is 11.0 Å². The minimum Gasteiger partial charge on any atom is -0.328 e. The van der Waals surface area contributed by atoms with Crippen molar-refractivity contribution in [1.29, 1.82) is 0 Å². The SMILES string of the molecule is CCn1c(C(C)(C)C(C)(C)N)nc2ccc(Cl)cc21. The smallest absolute Gasteiger partial charge is 0.117 e. The highest BCUT2D eigenvalue weighted by Crippen LogP contribution is 2.34. The average Bonchev–Trinajstić information content (AvgIpc) is 2.65. The molecule has 0 aliphatic rings. The Bertz CT molecular complexity index is 606. The fourth-order valence-electron chi connectivity index (χ4n) is 2.18. The number of hydrogen-bond donors (Lipinski definition) is 1. The lowest BCUT2D eigenvalue weighted by Crippen LogP contribution is -2.51. The highest BCUT2D eigenvalue weighted by atomic mass is 35.5. The molecule has 1 aromatic carbocycles. The Hall–Kier alpha value is -1.06. The predicted octanol–water partition coefficient (Wildman–Crippen LogP) is 3.72. The van der Waals surface area contributed by atoms with Crippen LogP contribution >= 0.6 is 11.6 Å². The molecule has 0 atom stereocenters. The number of nitrogens with zero attached hydrogens (tertiary/aromatic N) is 2. The number of aromatic nitrogens is 2. The quantitative estimate of drug-likeness (QED) is 0.930. The fraction of sp³-hybridized carbons (Fsp3) is 0.533. The molecule has 0 amide bonds. The minimum absolute atomic E-state index is 0.228. The van der Waals surface area contributed by atoms with Crippen LogP contribution in [-0.2, 0) is 12.0 Å². The van der Waals surface area contributed by atoms with Gasteiger partial charge in [0, 0.05) is 22.5 Å². The topological polar surface area (TPSA) is 43.8 Å². The summed E-state index contributed by atoms with van der Waals surface area (Å²) in [6, 6.07) is 5.81. The third-order valence-corrected chi connectivity index (χ3v) is 4.43. The molecule has 2 N–H and O–H groups in total. The lowest BCUT2D eigenvalue weighted by atomic mass is 9.74. The zero-order chi connectivity index (χ0) is 14.4. The van der Waals surface area contributed by atoms with E-state index in [1.165, 1.54) is 0 Å². The van der Waals surface area contributed by atoms with E-state index >= 15 is 0 Å². The summed E-state index contributed by atoms with van der Waals surface area (Å²) in [5.74, 6) is 1.01. The van der Waals surface area contributed by atoms with Gasteiger partial charge in [0.05, 0.1) is 11.0 Å². The van der Waals surface area contributed by atoms with Crippen molar-refractivity contribution in [2.75, 3.05) is 0 Å². The molecular formula is C15H22ClN3. The second-order valence-corrected chi connectivity index (χ2v) is 6.60. The summed E-state index contributed by atoms with van der Waals surface area (Å²) in [7, 11) is 0. The van der Waals surface area contributed by atoms with E-state index in [4.69, 9.17) is 22.3 Å². The lowest BCUT2D eigenvalue weighted by Gasteiger charge is -2.38. The maximum absolute atomic E-state index is 6.34. The van der Waals surface area contributed by atoms with Gasteiger partial charge < -0.3 is 10.3 Å². The third-order valence-electron chi connectivity index (χ3n) is 4.20. The molecule has 1 heterocycles. The highest BCUT2D eigenvalue weighted by Gasteiger charge is 2.39. The highest BCUT2D eigenvalue weighted by molar-refractivity contribution is 6.31. The summed E-state index contributed by atoms with van der Waals surface area (Å²) in [5, 5.41) is 0.735. The Morgan fingerprint density at radius 1 is 1.26 bits per heavy atom. The molecule has 0 fully saturated rings. The molecular weight excluding hydrogens is 258 g/mol. The number of nitrogens with two attached hydrogens (primary N) is 1.